The molecule has 1 atom stereocenters. The molecule has 2 heterocycles. The van der Waals surface area contributed by atoms with Gasteiger partial charge in [-0.05, 0) is 0 Å². The number of aromatic nitrogens is 2. The van der Waals surface area contributed by atoms with E-state index in [-0.39, 0.29) is 30.0 Å². The molecule has 0 aromatic carbocycles. The smallest absolute Gasteiger partial charge is 0.353 e. The predicted octanol–water partition coefficient (Wildman–Crippen LogP) is -0.836. The summed E-state index contributed by atoms with van der Waals surface area (Å²) >= 11 is 0. The lowest BCUT2D eigenvalue weighted by Gasteiger charge is -2.32. The van der Waals surface area contributed by atoms with Gasteiger partial charge in [-0.2, -0.15) is 0 Å². The average molecular weight is 255 g/mol. The van der Waals surface area contributed by atoms with Crippen molar-refractivity contribution in [2.45, 2.75) is 6.10 Å². The number of nitro groups is 1. The van der Waals surface area contributed by atoms with Crippen molar-refractivity contribution in [3.05, 3.63) is 16.4 Å². The summed E-state index contributed by atoms with van der Waals surface area (Å²) in [5.74, 6) is -0.00806. The van der Waals surface area contributed by atoms with Gasteiger partial charge in [-0.25, -0.2) is 9.97 Å². The minimum atomic E-state index is -0.603. The van der Waals surface area contributed by atoms with Gasteiger partial charge in [-0.1, -0.05) is 0 Å². The zero-order valence-corrected chi connectivity index (χ0v) is 9.52. The molecule has 0 saturated carbocycles. The summed E-state index contributed by atoms with van der Waals surface area (Å²) < 4.78 is 5.27. The minimum absolute atomic E-state index is 0.148. The van der Waals surface area contributed by atoms with Gasteiger partial charge in [-0.3, -0.25) is 10.1 Å². The molecule has 1 aromatic heterocycles. The Balaban J connectivity index is 2.32. The fourth-order valence-electron chi connectivity index (χ4n) is 1.81. The van der Waals surface area contributed by atoms with E-state index in [0.717, 1.165) is 0 Å². The van der Waals surface area contributed by atoms with Crippen LogP contribution < -0.4 is 10.6 Å². The molecule has 1 aromatic rings. The van der Waals surface area contributed by atoms with E-state index in [9.17, 15) is 10.1 Å². The molecule has 0 bridgehead atoms. The molecule has 98 valence electrons. The molecular weight excluding hydrogens is 242 g/mol. The van der Waals surface area contributed by atoms with Crippen LogP contribution in [-0.2, 0) is 4.74 Å². The molecule has 3 N–H and O–H groups in total. The average Bonchev–Trinajstić information content (AvgIpc) is 2.38. The first-order chi connectivity index (χ1) is 8.63. The summed E-state index contributed by atoms with van der Waals surface area (Å²) in [6, 6.07) is 0. The number of hydrogen-bond donors (Lipinski definition) is 2. The third-order valence-corrected chi connectivity index (χ3v) is 2.66. The third kappa shape index (κ3) is 2.31. The van der Waals surface area contributed by atoms with Crippen molar-refractivity contribution in [3.8, 4) is 0 Å². The van der Waals surface area contributed by atoms with Crippen LogP contribution in [0.1, 0.15) is 0 Å². The van der Waals surface area contributed by atoms with Crippen LogP contribution in [0.2, 0.25) is 0 Å². The second kappa shape index (κ2) is 5.10. The molecule has 0 aliphatic carbocycles. The Morgan fingerprint density at radius 3 is 3.11 bits per heavy atom. The lowest BCUT2D eigenvalue weighted by atomic mass is 10.2. The quantitative estimate of drug-likeness (QED) is 0.528. The molecule has 1 unspecified atom stereocenters. The van der Waals surface area contributed by atoms with Gasteiger partial charge in [0.15, 0.2) is 0 Å². The Morgan fingerprint density at radius 1 is 1.67 bits per heavy atom. The molecule has 9 heteroatoms. The SMILES string of the molecule is Nc1ncnc(N2CCOC(CO)C2)c1[N+](=O)[O-]. The zero-order valence-electron chi connectivity index (χ0n) is 9.52. The highest BCUT2D eigenvalue weighted by molar-refractivity contribution is 5.68. The summed E-state index contributed by atoms with van der Waals surface area (Å²) in [7, 11) is 0. The Morgan fingerprint density at radius 2 is 2.44 bits per heavy atom. The fourth-order valence-corrected chi connectivity index (χ4v) is 1.81. The number of anilines is 2. The summed E-state index contributed by atoms with van der Waals surface area (Å²) in [5.41, 5.74) is 5.19. The van der Waals surface area contributed by atoms with Crippen LogP contribution >= 0.6 is 0 Å². The Labute approximate surface area is 102 Å². The molecule has 0 amide bonds. The van der Waals surface area contributed by atoms with Crippen LogP contribution in [-0.4, -0.2) is 52.4 Å². The summed E-state index contributed by atoms with van der Waals surface area (Å²) in [6.45, 7) is 0.999. The molecule has 0 spiro atoms. The highest BCUT2D eigenvalue weighted by Crippen LogP contribution is 2.30. The Bertz CT molecular complexity index is 455. The molecule has 2 rings (SSSR count). The number of nitrogens with two attached hydrogens (primary N) is 1. The lowest BCUT2D eigenvalue weighted by Crippen LogP contribution is -2.44. The number of nitrogen functional groups attached to an aromatic ring is 1. The first kappa shape index (κ1) is 12.5. The van der Waals surface area contributed by atoms with E-state index in [1.54, 1.807) is 4.90 Å². The van der Waals surface area contributed by atoms with Crippen molar-refractivity contribution >= 4 is 17.3 Å². The highest BCUT2D eigenvalue weighted by atomic mass is 16.6. The normalized spacial score (nSPS) is 19.8. The molecule has 9 nitrogen and oxygen atoms in total. The topological polar surface area (TPSA) is 128 Å². The second-order valence-electron chi connectivity index (χ2n) is 3.81. The van der Waals surface area contributed by atoms with Crippen LogP contribution in [0, 0.1) is 10.1 Å². The second-order valence-corrected chi connectivity index (χ2v) is 3.81. The number of morpholine rings is 1. The van der Waals surface area contributed by atoms with Crippen molar-refractivity contribution in [3.63, 3.8) is 0 Å². The maximum atomic E-state index is 11.0. The minimum Gasteiger partial charge on any atom is -0.394 e. The summed E-state index contributed by atoms with van der Waals surface area (Å²) in [4.78, 5) is 19.6. The Kier molecular flexibility index (Phi) is 3.53. The van der Waals surface area contributed by atoms with Gasteiger partial charge in [0.1, 0.15) is 6.33 Å². The molecule has 0 radical (unpaired) electrons. The molecule has 1 aliphatic heterocycles. The van der Waals surface area contributed by atoms with E-state index < -0.39 is 4.92 Å². The monoisotopic (exact) mass is 255 g/mol. The van der Waals surface area contributed by atoms with Crippen LogP contribution in [0.3, 0.4) is 0 Å². The highest BCUT2D eigenvalue weighted by Gasteiger charge is 2.29. The third-order valence-electron chi connectivity index (χ3n) is 2.66. The largest absolute Gasteiger partial charge is 0.394 e. The molecule has 1 saturated heterocycles. The first-order valence-corrected chi connectivity index (χ1v) is 5.35. The number of rotatable bonds is 3. The molecule has 18 heavy (non-hydrogen) atoms. The van der Waals surface area contributed by atoms with Gasteiger partial charge in [0.25, 0.3) is 0 Å². The van der Waals surface area contributed by atoms with E-state index in [2.05, 4.69) is 9.97 Å². The molecule has 1 aliphatic rings. The Hall–Kier alpha value is -2.00. The van der Waals surface area contributed by atoms with E-state index in [0.29, 0.717) is 19.7 Å². The first-order valence-electron chi connectivity index (χ1n) is 5.35. The van der Waals surface area contributed by atoms with Gasteiger partial charge in [0.2, 0.25) is 11.6 Å². The van der Waals surface area contributed by atoms with Crippen molar-refractivity contribution in [2.24, 2.45) is 0 Å². The molecule has 1 fully saturated rings. The van der Waals surface area contributed by atoms with Crippen LogP contribution in [0.25, 0.3) is 0 Å². The van der Waals surface area contributed by atoms with Crippen molar-refractivity contribution < 1.29 is 14.8 Å². The van der Waals surface area contributed by atoms with E-state index >= 15 is 0 Å². The van der Waals surface area contributed by atoms with Gasteiger partial charge < -0.3 is 20.5 Å². The zero-order chi connectivity index (χ0) is 13.1. The van der Waals surface area contributed by atoms with E-state index in [1.165, 1.54) is 6.33 Å². The van der Waals surface area contributed by atoms with Crippen molar-refractivity contribution in [2.75, 3.05) is 36.9 Å². The van der Waals surface area contributed by atoms with Gasteiger partial charge >= 0.3 is 5.69 Å². The predicted molar refractivity (Wildman–Crippen MR) is 62.1 cm³/mol. The number of hydrogen-bond acceptors (Lipinski definition) is 8. The number of nitrogens with zero attached hydrogens (tertiary/aromatic N) is 4. The summed E-state index contributed by atoms with van der Waals surface area (Å²) in [6.07, 6.45) is 0.802. The van der Waals surface area contributed by atoms with Gasteiger partial charge in [0.05, 0.1) is 24.2 Å². The van der Waals surface area contributed by atoms with Gasteiger partial charge in [0, 0.05) is 13.1 Å². The van der Waals surface area contributed by atoms with E-state index in [1.807, 2.05) is 0 Å². The van der Waals surface area contributed by atoms with Crippen LogP contribution in [0.15, 0.2) is 6.33 Å². The van der Waals surface area contributed by atoms with Crippen LogP contribution in [0.5, 0.6) is 0 Å². The number of ether oxygens (including phenoxy) is 1. The number of aliphatic hydroxyl groups excluding tert-OH is 1. The van der Waals surface area contributed by atoms with Crippen molar-refractivity contribution in [1.29, 1.82) is 0 Å². The molecular formula is C9H13N5O4. The fraction of sp³-hybridized carbons (Fsp3) is 0.556. The van der Waals surface area contributed by atoms with Crippen LogP contribution in [0.4, 0.5) is 17.3 Å². The summed E-state index contributed by atoms with van der Waals surface area (Å²) in [5, 5.41) is 20.0. The maximum absolute atomic E-state index is 11.0. The van der Waals surface area contributed by atoms with E-state index in [4.69, 9.17) is 15.6 Å². The van der Waals surface area contributed by atoms with Gasteiger partial charge in [-0.15, -0.1) is 0 Å². The number of aliphatic hydroxyl groups is 1. The van der Waals surface area contributed by atoms with Crippen molar-refractivity contribution in [1.82, 2.24) is 9.97 Å². The lowest BCUT2D eigenvalue weighted by molar-refractivity contribution is -0.383. The maximum Gasteiger partial charge on any atom is 0.353 e. The standard InChI is InChI=1S/C9H13N5O4/c10-8-7(14(16)17)9(12-5-11-8)13-1-2-18-6(3-13)4-15/h5-6,15H,1-4H2,(H2,10,11,12).